The lowest BCUT2D eigenvalue weighted by atomic mass is 9.96. The standard InChI is InChI=1S/C15H22N2O/c1-16-15(18)14-8-11-17(12-9-14)10-7-13-5-3-2-4-6-13/h2-6,14H,7-12H2,1H3,(H,16,18). The van der Waals surface area contributed by atoms with Gasteiger partial charge < -0.3 is 10.2 Å². The molecule has 3 heteroatoms. The van der Waals surface area contributed by atoms with Crippen molar-refractivity contribution in [3.8, 4) is 0 Å². The summed E-state index contributed by atoms with van der Waals surface area (Å²) in [7, 11) is 1.73. The molecule has 0 bridgehead atoms. The van der Waals surface area contributed by atoms with Crippen molar-refractivity contribution in [3.05, 3.63) is 35.9 Å². The number of hydrogen-bond donors (Lipinski definition) is 1. The summed E-state index contributed by atoms with van der Waals surface area (Å²) < 4.78 is 0. The minimum absolute atomic E-state index is 0.206. The molecular weight excluding hydrogens is 224 g/mol. The molecule has 3 nitrogen and oxygen atoms in total. The average molecular weight is 246 g/mol. The van der Waals surface area contributed by atoms with Gasteiger partial charge in [-0.15, -0.1) is 0 Å². The zero-order valence-electron chi connectivity index (χ0n) is 11.1. The van der Waals surface area contributed by atoms with Gasteiger partial charge in [0.15, 0.2) is 0 Å². The molecule has 1 N–H and O–H groups in total. The highest BCUT2D eigenvalue weighted by Gasteiger charge is 2.23. The molecule has 18 heavy (non-hydrogen) atoms. The van der Waals surface area contributed by atoms with E-state index in [-0.39, 0.29) is 11.8 Å². The van der Waals surface area contributed by atoms with Crippen molar-refractivity contribution in [2.75, 3.05) is 26.7 Å². The third-order valence-electron chi connectivity index (χ3n) is 3.76. The third-order valence-corrected chi connectivity index (χ3v) is 3.76. The lowest BCUT2D eigenvalue weighted by Crippen LogP contribution is -2.40. The smallest absolute Gasteiger partial charge is 0.222 e. The van der Waals surface area contributed by atoms with Gasteiger partial charge in [-0.05, 0) is 37.9 Å². The number of nitrogens with one attached hydrogen (secondary N) is 1. The zero-order chi connectivity index (χ0) is 12.8. The van der Waals surface area contributed by atoms with E-state index in [2.05, 4.69) is 40.5 Å². The molecule has 1 amide bonds. The summed E-state index contributed by atoms with van der Waals surface area (Å²) >= 11 is 0. The van der Waals surface area contributed by atoms with Crippen molar-refractivity contribution < 1.29 is 4.79 Å². The molecule has 0 aliphatic carbocycles. The minimum Gasteiger partial charge on any atom is -0.359 e. The second kappa shape index (κ2) is 6.55. The molecule has 0 aromatic heterocycles. The van der Waals surface area contributed by atoms with Crippen LogP contribution in [0.25, 0.3) is 0 Å². The lowest BCUT2D eigenvalue weighted by Gasteiger charge is -2.31. The second-order valence-electron chi connectivity index (χ2n) is 4.97. The van der Waals surface area contributed by atoms with E-state index in [1.807, 2.05) is 0 Å². The van der Waals surface area contributed by atoms with E-state index in [4.69, 9.17) is 0 Å². The largest absolute Gasteiger partial charge is 0.359 e. The van der Waals surface area contributed by atoms with E-state index in [0.29, 0.717) is 0 Å². The SMILES string of the molecule is CNC(=O)C1CCN(CCc2ccccc2)CC1. The first-order valence-corrected chi connectivity index (χ1v) is 6.77. The Kier molecular flexibility index (Phi) is 4.76. The van der Waals surface area contributed by atoms with Crippen LogP contribution in [0.2, 0.25) is 0 Å². The molecule has 0 unspecified atom stereocenters. The monoisotopic (exact) mass is 246 g/mol. The highest BCUT2D eigenvalue weighted by atomic mass is 16.1. The van der Waals surface area contributed by atoms with Crippen LogP contribution in [-0.4, -0.2) is 37.5 Å². The van der Waals surface area contributed by atoms with Crippen LogP contribution in [0.3, 0.4) is 0 Å². The second-order valence-corrected chi connectivity index (χ2v) is 4.97. The van der Waals surface area contributed by atoms with Crippen molar-refractivity contribution in [2.45, 2.75) is 19.3 Å². The van der Waals surface area contributed by atoms with E-state index in [9.17, 15) is 4.79 Å². The molecule has 1 aliphatic heterocycles. The number of amides is 1. The van der Waals surface area contributed by atoms with Crippen molar-refractivity contribution in [1.29, 1.82) is 0 Å². The van der Waals surface area contributed by atoms with Gasteiger partial charge in [0.2, 0.25) is 5.91 Å². The molecule has 1 aliphatic rings. The number of carbonyl (C=O) groups excluding carboxylic acids is 1. The number of hydrogen-bond acceptors (Lipinski definition) is 2. The molecule has 1 aromatic carbocycles. The van der Waals surface area contributed by atoms with Gasteiger partial charge in [0.05, 0.1) is 0 Å². The topological polar surface area (TPSA) is 32.3 Å². The predicted molar refractivity (Wildman–Crippen MR) is 73.4 cm³/mol. The molecule has 0 radical (unpaired) electrons. The molecule has 0 saturated carbocycles. The number of likely N-dealkylation sites (tertiary alicyclic amines) is 1. The fourth-order valence-corrected chi connectivity index (χ4v) is 2.55. The van der Waals surface area contributed by atoms with Crippen molar-refractivity contribution in [3.63, 3.8) is 0 Å². The van der Waals surface area contributed by atoms with E-state index < -0.39 is 0 Å². The number of piperidine rings is 1. The summed E-state index contributed by atoms with van der Waals surface area (Å²) in [5.41, 5.74) is 1.39. The fraction of sp³-hybridized carbons (Fsp3) is 0.533. The van der Waals surface area contributed by atoms with Gasteiger partial charge in [-0.1, -0.05) is 30.3 Å². The Morgan fingerprint density at radius 1 is 1.28 bits per heavy atom. The Bertz CT molecular complexity index is 369. The van der Waals surface area contributed by atoms with Crippen molar-refractivity contribution in [1.82, 2.24) is 10.2 Å². The summed E-state index contributed by atoms with van der Waals surface area (Å²) in [6, 6.07) is 10.6. The van der Waals surface area contributed by atoms with Crippen molar-refractivity contribution in [2.24, 2.45) is 5.92 Å². The maximum absolute atomic E-state index is 11.5. The van der Waals surface area contributed by atoms with Gasteiger partial charge in [-0.2, -0.15) is 0 Å². The summed E-state index contributed by atoms with van der Waals surface area (Å²) in [5, 5.41) is 2.75. The number of nitrogens with zero attached hydrogens (tertiary/aromatic N) is 1. The first-order valence-electron chi connectivity index (χ1n) is 6.77. The molecular formula is C15H22N2O. The van der Waals surface area contributed by atoms with E-state index in [0.717, 1.165) is 38.9 Å². The molecule has 98 valence electrons. The van der Waals surface area contributed by atoms with Crippen LogP contribution in [0.15, 0.2) is 30.3 Å². The molecule has 0 spiro atoms. The molecule has 1 fully saturated rings. The van der Waals surface area contributed by atoms with Gasteiger partial charge in [0, 0.05) is 19.5 Å². The Balaban J connectivity index is 1.72. The average Bonchev–Trinajstić information content (AvgIpc) is 2.46. The summed E-state index contributed by atoms with van der Waals surface area (Å²) in [6.45, 7) is 3.19. The Morgan fingerprint density at radius 3 is 2.56 bits per heavy atom. The van der Waals surface area contributed by atoms with Gasteiger partial charge in [0.1, 0.15) is 0 Å². The summed E-state index contributed by atoms with van der Waals surface area (Å²) in [4.78, 5) is 14.0. The Morgan fingerprint density at radius 2 is 1.94 bits per heavy atom. The first-order chi connectivity index (χ1) is 8.79. The summed E-state index contributed by atoms with van der Waals surface area (Å²) in [6.07, 6.45) is 3.09. The minimum atomic E-state index is 0.206. The number of benzene rings is 1. The lowest BCUT2D eigenvalue weighted by molar-refractivity contribution is -0.125. The van der Waals surface area contributed by atoms with E-state index in [1.165, 1.54) is 5.56 Å². The van der Waals surface area contributed by atoms with Crippen LogP contribution >= 0.6 is 0 Å². The Hall–Kier alpha value is -1.35. The van der Waals surface area contributed by atoms with Gasteiger partial charge >= 0.3 is 0 Å². The molecule has 0 atom stereocenters. The molecule has 1 saturated heterocycles. The number of carbonyl (C=O) groups is 1. The van der Waals surface area contributed by atoms with Crippen LogP contribution in [-0.2, 0) is 11.2 Å². The Labute approximate surface area is 109 Å². The van der Waals surface area contributed by atoms with Crippen LogP contribution in [0.4, 0.5) is 0 Å². The van der Waals surface area contributed by atoms with Gasteiger partial charge in [-0.3, -0.25) is 4.79 Å². The maximum Gasteiger partial charge on any atom is 0.222 e. The third kappa shape index (κ3) is 3.57. The fourth-order valence-electron chi connectivity index (χ4n) is 2.55. The summed E-state index contributed by atoms with van der Waals surface area (Å²) in [5.74, 6) is 0.431. The van der Waals surface area contributed by atoms with E-state index >= 15 is 0 Å². The van der Waals surface area contributed by atoms with Gasteiger partial charge in [0.25, 0.3) is 0 Å². The number of rotatable bonds is 4. The molecule has 2 rings (SSSR count). The van der Waals surface area contributed by atoms with E-state index in [1.54, 1.807) is 7.05 Å². The predicted octanol–water partition coefficient (Wildman–Crippen LogP) is 1.69. The maximum atomic E-state index is 11.5. The van der Waals surface area contributed by atoms with Crippen LogP contribution in [0, 0.1) is 5.92 Å². The quantitative estimate of drug-likeness (QED) is 0.877. The molecule has 1 heterocycles. The molecule has 1 aromatic rings. The highest BCUT2D eigenvalue weighted by molar-refractivity contribution is 5.78. The normalized spacial score (nSPS) is 17.6. The first kappa shape index (κ1) is 13.1. The van der Waals surface area contributed by atoms with Crippen LogP contribution < -0.4 is 5.32 Å². The van der Waals surface area contributed by atoms with Crippen molar-refractivity contribution >= 4 is 5.91 Å². The van der Waals surface area contributed by atoms with Gasteiger partial charge in [-0.25, -0.2) is 0 Å². The zero-order valence-corrected chi connectivity index (χ0v) is 11.1. The van der Waals surface area contributed by atoms with Crippen LogP contribution in [0.1, 0.15) is 18.4 Å². The van der Waals surface area contributed by atoms with Crippen LogP contribution in [0.5, 0.6) is 0 Å². The highest BCUT2D eigenvalue weighted by Crippen LogP contribution is 2.17.